The van der Waals surface area contributed by atoms with E-state index in [4.69, 9.17) is 4.42 Å². The number of rotatable bonds is 1. The van der Waals surface area contributed by atoms with E-state index in [2.05, 4.69) is 0 Å². The van der Waals surface area contributed by atoms with Crippen molar-refractivity contribution in [1.82, 2.24) is 0 Å². The van der Waals surface area contributed by atoms with Gasteiger partial charge in [0.15, 0.2) is 11.5 Å². The first-order chi connectivity index (χ1) is 9.97. The van der Waals surface area contributed by atoms with E-state index >= 15 is 0 Å². The molecule has 0 amide bonds. The van der Waals surface area contributed by atoms with Crippen molar-refractivity contribution in [3.8, 4) is 28.4 Å². The van der Waals surface area contributed by atoms with Crippen LogP contribution in [0.25, 0.3) is 22.1 Å². The lowest BCUT2D eigenvalue weighted by Gasteiger charge is -2.06. The molecular weight excluding hydrogens is 272 g/mol. The van der Waals surface area contributed by atoms with Gasteiger partial charge in [-0.25, -0.2) is 0 Å². The summed E-state index contributed by atoms with van der Waals surface area (Å²) >= 11 is 0. The summed E-state index contributed by atoms with van der Waals surface area (Å²) in [6.45, 7) is 1.78. The zero-order chi connectivity index (χ0) is 15.1. The number of benzene rings is 2. The Hall–Kier alpha value is -2.95. The molecule has 0 aliphatic carbocycles. The summed E-state index contributed by atoms with van der Waals surface area (Å²) in [6.07, 6.45) is 1.27. The number of phenolic OH excluding ortho intramolecular Hbond substituents is 3. The molecule has 0 bridgehead atoms. The smallest absolute Gasteiger partial charge is 0.204 e. The van der Waals surface area contributed by atoms with Crippen molar-refractivity contribution in [1.29, 1.82) is 0 Å². The first-order valence-electron chi connectivity index (χ1n) is 6.25. The van der Waals surface area contributed by atoms with Crippen LogP contribution in [0.4, 0.5) is 0 Å². The van der Waals surface area contributed by atoms with E-state index in [9.17, 15) is 20.1 Å². The highest BCUT2D eigenvalue weighted by molar-refractivity contribution is 5.87. The molecule has 1 heterocycles. The van der Waals surface area contributed by atoms with Crippen LogP contribution in [0.15, 0.2) is 45.8 Å². The minimum Gasteiger partial charge on any atom is -0.507 e. The molecule has 0 aliphatic heterocycles. The second-order valence-corrected chi connectivity index (χ2v) is 4.84. The van der Waals surface area contributed by atoms with Crippen molar-refractivity contribution in [3.63, 3.8) is 0 Å². The quantitative estimate of drug-likeness (QED) is 0.598. The molecule has 106 valence electrons. The van der Waals surface area contributed by atoms with Gasteiger partial charge >= 0.3 is 0 Å². The monoisotopic (exact) mass is 284 g/mol. The molecule has 0 fully saturated rings. The van der Waals surface area contributed by atoms with Crippen LogP contribution in [0, 0.1) is 6.92 Å². The molecule has 0 aliphatic rings. The van der Waals surface area contributed by atoms with Crippen LogP contribution in [0.1, 0.15) is 5.56 Å². The van der Waals surface area contributed by atoms with Crippen LogP contribution in [-0.4, -0.2) is 15.3 Å². The Kier molecular flexibility index (Phi) is 2.83. The number of aromatic hydroxyl groups is 3. The Morgan fingerprint density at radius 1 is 0.952 bits per heavy atom. The number of fused-ring (bicyclic) bond motifs is 1. The molecule has 5 heteroatoms. The van der Waals surface area contributed by atoms with E-state index in [0.717, 1.165) is 5.56 Å². The molecule has 3 aromatic rings. The molecule has 0 spiro atoms. The van der Waals surface area contributed by atoms with Crippen molar-refractivity contribution >= 4 is 11.0 Å². The molecule has 0 atom stereocenters. The summed E-state index contributed by atoms with van der Waals surface area (Å²) in [4.78, 5) is 12.5. The Morgan fingerprint density at radius 3 is 2.43 bits per heavy atom. The third-order valence-corrected chi connectivity index (χ3v) is 3.29. The topological polar surface area (TPSA) is 90.9 Å². The molecule has 5 nitrogen and oxygen atoms in total. The number of hydrogen-bond acceptors (Lipinski definition) is 5. The lowest BCUT2D eigenvalue weighted by Crippen LogP contribution is -2.05. The van der Waals surface area contributed by atoms with Gasteiger partial charge in [-0.3, -0.25) is 4.79 Å². The molecule has 0 unspecified atom stereocenters. The standard InChI is InChI=1S/C16H12O5/c1-8-4-13(19)15-14(5-8)21-7-10(16(15)20)9-2-3-11(17)12(18)6-9/h2-7,17-19H,1H3. The van der Waals surface area contributed by atoms with Gasteiger partial charge in [0.25, 0.3) is 0 Å². The van der Waals surface area contributed by atoms with E-state index in [1.54, 1.807) is 13.0 Å². The van der Waals surface area contributed by atoms with Crippen molar-refractivity contribution in [2.45, 2.75) is 6.92 Å². The average molecular weight is 284 g/mol. The summed E-state index contributed by atoms with van der Waals surface area (Å²) in [6, 6.07) is 7.17. The molecule has 0 saturated heterocycles. The minimum absolute atomic E-state index is 0.0886. The normalized spacial score (nSPS) is 10.9. The second-order valence-electron chi connectivity index (χ2n) is 4.84. The first-order valence-corrected chi connectivity index (χ1v) is 6.25. The SMILES string of the molecule is Cc1cc(O)c2c(=O)c(-c3ccc(O)c(O)c3)coc2c1. The summed E-state index contributed by atoms with van der Waals surface area (Å²) < 4.78 is 5.41. The highest BCUT2D eigenvalue weighted by atomic mass is 16.3. The highest BCUT2D eigenvalue weighted by Gasteiger charge is 2.14. The van der Waals surface area contributed by atoms with Crippen molar-refractivity contribution in [2.24, 2.45) is 0 Å². The van der Waals surface area contributed by atoms with Crippen LogP contribution in [-0.2, 0) is 0 Å². The molecule has 2 aromatic carbocycles. The van der Waals surface area contributed by atoms with Crippen LogP contribution < -0.4 is 5.43 Å². The Morgan fingerprint density at radius 2 is 1.71 bits per heavy atom. The van der Waals surface area contributed by atoms with Crippen LogP contribution in [0.3, 0.4) is 0 Å². The molecule has 0 radical (unpaired) electrons. The summed E-state index contributed by atoms with van der Waals surface area (Å²) in [7, 11) is 0. The van der Waals surface area contributed by atoms with Crippen LogP contribution in [0.2, 0.25) is 0 Å². The van der Waals surface area contributed by atoms with E-state index in [0.29, 0.717) is 11.1 Å². The molecular formula is C16H12O5. The van der Waals surface area contributed by atoms with Crippen molar-refractivity contribution in [2.75, 3.05) is 0 Å². The fourth-order valence-corrected chi connectivity index (χ4v) is 2.26. The van der Waals surface area contributed by atoms with Gasteiger partial charge in [-0.1, -0.05) is 6.07 Å². The molecule has 21 heavy (non-hydrogen) atoms. The van der Waals surface area contributed by atoms with Gasteiger partial charge in [-0.2, -0.15) is 0 Å². The van der Waals surface area contributed by atoms with Gasteiger partial charge in [0.2, 0.25) is 5.43 Å². The van der Waals surface area contributed by atoms with Crippen molar-refractivity contribution < 1.29 is 19.7 Å². The minimum atomic E-state index is -0.404. The van der Waals surface area contributed by atoms with Gasteiger partial charge in [-0.05, 0) is 42.3 Å². The van der Waals surface area contributed by atoms with Crippen LogP contribution >= 0.6 is 0 Å². The molecule has 0 saturated carbocycles. The van der Waals surface area contributed by atoms with Crippen LogP contribution in [0.5, 0.6) is 17.2 Å². The maximum Gasteiger partial charge on any atom is 0.204 e. The largest absolute Gasteiger partial charge is 0.507 e. The molecule has 1 aromatic heterocycles. The third-order valence-electron chi connectivity index (χ3n) is 3.29. The van der Waals surface area contributed by atoms with Gasteiger partial charge in [-0.15, -0.1) is 0 Å². The fraction of sp³-hybridized carbons (Fsp3) is 0.0625. The Bertz CT molecular complexity index is 908. The first kappa shape index (κ1) is 13.1. The maximum absolute atomic E-state index is 12.5. The Balaban J connectivity index is 2.32. The predicted molar refractivity (Wildman–Crippen MR) is 77.7 cm³/mol. The average Bonchev–Trinajstić information content (AvgIpc) is 2.41. The van der Waals surface area contributed by atoms with Gasteiger partial charge in [0, 0.05) is 0 Å². The van der Waals surface area contributed by atoms with E-state index < -0.39 is 5.43 Å². The van der Waals surface area contributed by atoms with E-state index in [1.165, 1.54) is 30.5 Å². The lowest BCUT2D eigenvalue weighted by molar-refractivity contribution is 0.404. The molecule has 3 rings (SSSR count). The van der Waals surface area contributed by atoms with Gasteiger partial charge < -0.3 is 19.7 Å². The van der Waals surface area contributed by atoms with Gasteiger partial charge in [0.1, 0.15) is 23.0 Å². The summed E-state index contributed by atoms with van der Waals surface area (Å²) in [5, 5.41) is 28.9. The fourth-order valence-electron chi connectivity index (χ4n) is 2.26. The maximum atomic E-state index is 12.5. The number of hydrogen-bond donors (Lipinski definition) is 3. The third kappa shape index (κ3) is 2.08. The summed E-state index contributed by atoms with van der Waals surface area (Å²) in [5.74, 6) is -0.758. The zero-order valence-corrected chi connectivity index (χ0v) is 11.1. The lowest BCUT2D eigenvalue weighted by atomic mass is 10.0. The van der Waals surface area contributed by atoms with E-state index in [-0.39, 0.29) is 28.2 Å². The van der Waals surface area contributed by atoms with Gasteiger partial charge in [0.05, 0.1) is 5.56 Å². The molecule has 3 N–H and O–H groups in total. The summed E-state index contributed by atoms with van der Waals surface area (Å²) in [5.41, 5.74) is 1.25. The van der Waals surface area contributed by atoms with Crippen molar-refractivity contribution in [3.05, 3.63) is 52.4 Å². The zero-order valence-electron chi connectivity index (χ0n) is 11.1. The number of phenols is 3. The predicted octanol–water partition coefficient (Wildman–Crippen LogP) is 2.89. The number of aryl methyl sites for hydroxylation is 1. The second kappa shape index (κ2) is 4.56. The van der Waals surface area contributed by atoms with E-state index in [1.807, 2.05) is 0 Å². The highest BCUT2D eigenvalue weighted by Crippen LogP contribution is 2.31. The Labute approximate surface area is 119 Å².